The highest BCUT2D eigenvalue weighted by molar-refractivity contribution is 7.16. The summed E-state index contributed by atoms with van der Waals surface area (Å²) in [6, 6.07) is 14.3. The monoisotopic (exact) mass is 302 g/mol. The van der Waals surface area contributed by atoms with Crippen molar-refractivity contribution < 1.29 is 5.11 Å². The van der Waals surface area contributed by atoms with Crippen molar-refractivity contribution in [2.75, 3.05) is 0 Å². The van der Waals surface area contributed by atoms with Crippen molar-refractivity contribution in [3.05, 3.63) is 80.3 Å². The largest absolute Gasteiger partial charge is 0.383 e. The maximum Gasteiger partial charge on any atom is 0.194 e. The number of benzene rings is 2. The molecule has 4 heteroatoms. The maximum absolute atomic E-state index is 12.4. The van der Waals surface area contributed by atoms with Crippen LogP contribution in [0.1, 0.15) is 17.2 Å². The quantitative estimate of drug-likeness (QED) is 0.777. The summed E-state index contributed by atoms with van der Waals surface area (Å²) in [4.78, 5) is 12.4. The summed E-state index contributed by atoms with van der Waals surface area (Å²) >= 11 is 7.29. The first-order valence-electron chi connectivity index (χ1n) is 6.11. The third-order valence-corrected chi connectivity index (χ3v) is 4.42. The van der Waals surface area contributed by atoms with E-state index in [2.05, 4.69) is 0 Å². The van der Waals surface area contributed by atoms with Crippen LogP contribution in [-0.4, -0.2) is 5.11 Å². The molecule has 0 bridgehead atoms. The topological polar surface area (TPSA) is 37.3 Å². The first kappa shape index (κ1) is 13.3. The van der Waals surface area contributed by atoms with Gasteiger partial charge in [-0.05, 0) is 29.8 Å². The van der Waals surface area contributed by atoms with Gasteiger partial charge in [0.2, 0.25) is 0 Å². The van der Waals surface area contributed by atoms with Crippen LogP contribution in [0, 0.1) is 0 Å². The van der Waals surface area contributed by atoms with E-state index in [0.29, 0.717) is 21.5 Å². The smallest absolute Gasteiger partial charge is 0.194 e. The number of fused-ring (bicyclic) bond motifs is 1. The van der Waals surface area contributed by atoms with Gasteiger partial charge in [-0.15, -0.1) is 11.3 Å². The van der Waals surface area contributed by atoms with Crippen LogP contribution >= 0.6 is 22.9 Å². The van der Waals surface area contributed by atoms with E-state index < -0.39 is 6.10 Å². The van der Waals surface area contributed by atoms with Gasteiger partial charge in [0.25, 0.3) is 0 Å². The van der Waals surface area contributed by atoms with Crippen molar-refractivity contribution in [1.29, 1.82) is 0 Å². The zero-order valence-electron chi connectivity index (χ0n) is 10.4. The predicted molar refractivity (Wildman–Crippen MR) is 83.6 cm³/mol. The average Bonchev–Trinajstić information content (AvgIpc) is 2.48. The molecule has 0 saturated heterocycles. The van der Waals surface area contributed by atoms with Gasteiger partial charge in [-0.2, -0.15) is 0 Å². The zero-order chi connectivity index (χ0) is 14.1. The van der Waals surface area contributed by atoms with Gasteiger partial charge >= 0.3 is 0 Å². The number of hydrogen-bond donors (Lipinski definition) is 1. The highest BCUT2D eigenvalue weighted by atomic mass is 35.5. The number of aliphatic hydroxyl groups excluding tert-OH is 1. The maximum atomic E-state index is 12.4. The molecule has 0 aliphatic carbocycles. The van der Waals surface area contributed by atoms with Gasteiger partial charge in [0, 0.05) is 26.1 Å². The Kier molecular flexibility index (Phi) is 3.57. The van der Waals surface area contributed by atoms with Crippen LogP contribution in [0.3, 0.4) is 0 Å². The van der Waals surface area contributed by atoms with E-state index in [9.17, 15) is 9.90 Å². The number of rotatable bonds is 2. The predicted octanol–water partition coefficient (Wildman–Crippen LogP) is 4.00. The first-order valence-corrected chi connectivity index (χ1v) is 7.36. The summed E-state index contributed by atoms with van der Waals surface area (Å²) in [5.41, 5.74) is 0.937. The second-order valence-electron chi connectivity index (χ2n) is 4.47. The van der Waals surface area contributed by atoms with Crippen LogP contribution in [0.2, 0.25) is 5.02 Å². The summed E-state index contributed by atoms with van der Waals surface area (Å²) in [6.07, 6.45) is -0.930. The second-order valence-corrected chi connectivity index (χ2v) is 5.82. The fraction of sp³-hybridized carbons (Fsp3) is 0.0625. The number of aliphatic hydroxyl groups is 1. The molecule has 0 saturated carbocycles. The summed E-state index contributed by atoms with van der Waals surface area (Å²) in [6.45, 7) is 0. The third kappa shape index (κ3) is 2.36. The molecule has 20 heavy (non-hydrogen) atoms. The Labute approximate surface area is 124 Å². The van der Waals surface area contributed by atoms with E-state index >= 15 is 0 Å². The Bertz CT molecular complexity index is 809. The minimum Gasteiger partial charge on any atom is -0.383 e. The van der Waals surface area contributed by atoms with Gasteiger partial charge in [-0.1, -0.05) is 35.9 Å². The Hall–Kier alpha value is -1.68. The van der Waals surface area contributed by atoms with Gasteiger partial charge < -0.3 is 5.11 Å². The molecular weight excluding hydrogens is 292 g/mol. The van der Waals surface area contributed by atoms with Crippen molar-refractivity contribution in [3.8, 4) is 0 Å². The van der Waals surface area contributed by atoms with E-state index in [1.165, 1.54) is 11.3 Å². The molecule has 1 atom stereocenters. The molecule has 1 heterocycles. The van der Waals surface area contributed by atoms with Crippen molar-refractivity contribution in [3.63, 3.8) is 0 Å². The van der Waals surface area contributed by atoms with E-state index in [-0.39, 0.29) is 5.43 Å². The van der Waals surface area contributed by atoms with Crippen molar-refractivity contribution in [1.82, 2.24) is 0 Å². The third-order valence-electron chi connectivity index (χ3n) is 3.19. The summed E-state index contributed by atoms with van der Waals surface area (Å²) in [5.74, 6) is 0. The SMILES string of the molecule is O=c1c(C(O)c2ccc(Cl)cc2)csc2ccccc12. The van der Waals surface area contributed by atoms with E-state index in [1.54, 1.807) is 35.7 Å². The molecule has 3 rings (SSSR count). The lowest BCUT2D eigenvalue weighted by Crippen LogP contribution is -2.13. The molecule has 1 N–H and O–H groups in total. The second kappa shape index (κ2) is 5.37. The van der Waals surface area contributed by atoms with Crippen LogP contribution in [0.25, 0.3) is 10.1 Å². The lowest BCUT2D eigenvalue weighted by atomic mass is 10.0. The highest BCUT2D eigenvalue weighted by Gasteiger charge is 2.15. The molecule has 0 aliphatic rings. The Balaban J connectivity index is 2.12. The molecule has 2 aromatic carbocycles. The van der Waals surface area contributed by atoms with Crippen molar-refractivity contribution >= 4 is 33.0 Å². The van der Waals surface area contributed by atoms with E-state index in [1.807, 2.05) is 18.2 Å². The molecule has 1 unspecified atom stereocenters. The normalized spacial score (nSPS) is 12.5. The van der Waals surface area contributed by atoms with Gasteiger partial charge in [0.15, 0.2) is 5.43 Å². The average molecular weight is 303 g/mol. The summed E-state index contributed by atoms with van der Waals surface area (Å²) < 4.78 is 0.921. The molecule has 100 valence electrons. The Morgan fingerprint density at radius 1 is 1.05 bits per heavy atom. The molecule has 0 fully saturated rings. The lowest BCUT2D eigenvalue weighted by molar-refractivity contribution is 0.220. The van der Waals surface area contributed by atoms with Gasteiger partial charge in [-0.3, -0.25) is 4.79 Å². The van der Waals surface area contributed by atoms with Crippen LogP contribution in [-0.2, 0) is 0 Å². The van der Waals surface area contributed by atoms with Crippen LogP contribution in [0.15, 0.2) is 58.7 Å². The molecule has 2 nitrogen and oxygen atoms in total. The van der Waals surface area contributed by atoms with Gasteiger partial charge in [0.05, 0.1) is 0 Å². The summed E-state index contributed by atoms with van der Waals surface area (Å²) in [5, 5.41) is 13.4. The van der Waals surface area contributed by atoms with E-state index in [0.717, 1.165) is 4.70 Å². The number of hydrogen-bond acceptors (Lipinski definition) is 3. The van der Waals surface area contributed by atoms with Crippen LogP contribution < -0.4 is 5.43 Å². The van der Waals surface area contributed by atoms with Crippen LogP contribution in [0.5, 0.6) is 0 Å². The Morgan fingerprint density at radius 2 is 1.75 bits per heavy atom. The molecule has 0 amide bonds. The molecule has 1 aromatic heterocycles. The van der Waals surface area contributed by atoms with E-state index in [4.69, 9.17) is 11.6 Å². The zero-order valence-corrected chi connectivity index (χ0v) is 12.0. The fourth-order valence-corrected chi connectivity index (χ4v) is 3.17. The molecule has 0 radical (unpaired) electrons. The van der Waals surface area contributed by atoms with Crippen molar-refractivity contribution in [2.45, 2.75) is 6.10 Å². The van der Waals surface area contributed by atoms with Crippen LogP contribution in [0.4, 0.5) is 0 Å². The standard InChI is InChI=1S/C16H11ClO2S/c17-11-7-5-10(6-8-11)15(18)13-9-20-14-4-2-1-3-12(14)16(13)19/h1-9,15,18H. The molecule has 0 spiro atoms. The molecule has 0 aliphatic heterocycles. The lowest BCUT2D eigenvalue weighted by Gasteiger charge is -2.11. The minimum absolute atomic E-state index is 0.123. The van der Waals surface area contributed by atoms with Gasteiger partial charge in [0.1, 0.15) is 6.10 Å². The molecule has 3 aromatic rings. The minimum atomic E-state index is -0.930. The first-order chi connectivity index (χ1) is 9.66. The fourth-order valence-electron chi connectivity index (χ4n) is 2.11. The number of halogens is 1. The summed E-state index contributed by atoms with van der Waals surface area (Å²) in [7, 11) is 0. The highest BCUT2D eigenvalue weighted by Crippen LogP contribution is 2.25. The molecular formula is C16H11ClO2S. The Morgan fingerprint density at radius 3 is 2.50 bits per heavy atom. The van der Waals surface area contributed by atoms with Crippen molar-refractivity contribution in [2.24, 2.45) is 0 Å². The van der Waals surface area contributed by atoms with Gasteiger partial charge in [-0.25, -0.2) is 0 Å².